The number of hydrogen-bond acceptors (Lipinski definition) is 3. The third-order valence-electron chi connectivity index (χ3n) is 1.09. The van der Waals surface area contributed by atoms with Crippen LogP contribution in [0.25, 0.3) is 0 Å². The van der Waals surface area contributed by atoms with Crippen LogP contribution in [0, 0.1) is 5.82 Å². The quantitative estimate of drug-likeness (QED) is 0.444. The molecule has 0 fully saturated rings. The van der Waals surface area contributed by atoms with Gasteiger partial charge in [-0.15, -0.1) is 0 Å². The summed E-state index contributed by atoms with van der Waals surface area (Å²) in [7, 11) is -4.51. The van der Waals surface area contributed by atoms with Gasteiger partial charge in [-0.05, 0) is 24.3 Å². The molecule has 0 amide bonds. The van der Waals surface area contributed by atoms with E-state index in [9.17, 15) is 17.4 Å². The van der Waals surface area contributed by atoms with Gasteiger partial charge < -0.3 is 4.55 Å². The minimum atomic E-state index is -4.51. The fraction of sp³-hybridized carbons (Fsp3) is 0. The largest absolute Gasteiger partial charge is 1.00 e. The second-order valence-electron chi connectivity index (χ2n) is 2.06. The maximum absolute atomic E-state index is 12.3. The molecule has 0 saturated heterocycles. The van der Waals surface area contributed by atoms with Crippen molar-refractivity contribution in [1.29, 1.82) is 0 Å². The monoisotopic (exact) mass is 213 g/mol. The van der Waals surface area contributed by atoms with Crippen molar-refractivity contribution in [3.05, 3.63) is 30.1 Å². The van der Waals surface area contributed by atoms with Gasteiger partial charge in [-0.3, -0.25) is 4.72 Å². The van der Waals surface area contributed by atoms with E-state index in [-0.39, 0.29) is 35.2 Å². The molecule has 0 heterocycles. The van der Waals surface area contributed by atoms with E-state index in [2.05, 4.69) is 0 Å². The van der Waals surface area contributed by atoms with Gasteiger partial charge in [-0.1, -0.05) is 0 Å². The molecular weight excluding hydrogens is 208 g/mol. The zero-order valence-corrected chi connectivity index (χ0v) is 9.64. The molecule has 7 heteroatoms. The number of anilines is 1. The Balaban J connectivity index is 0.00000144. The normalized spacial score (nSPS) is 10.3. The SMILES string of the molecule is O=S(=O)([O-])Nc1ccc(F)cc1.[Na+]. The summed E-state index contributed by atoms with van der Waals surface area (Å²) in [6.07, 6.45) is 0. The van der Waals surface area contributed by atoms with E-state index in [4.69, 9.17) is 0 Å². The van der Waals surface area contributed by atoms with Crippen LogP contribution in [0.1, 0.15) is 0 Å². The fourth-order valence-electron chi connectivity index (χ4n) is 0.662. The Morgan fingerprint density at radius 1 is 1.23 bits per heavy atom. The van der Waals surface area contributed by atoms with Crippen molar-refractivity contribution >= 4 is 16.0 Å². The second-order valence-corrected chi connectivity index (χ2v) is 3.18. The van der Waals surface area contributed by atoms with E-state index >= 15 is 0 Å². The first kappa shape index (κ1) is 12.9. The van der Waals surface area contributed by atoms with E-state index in [1.54, 1.807) is 4.72 Å². The van der Waals surface area contributed by atoms with Gasteiger partial charge in [0.05, 0.1) is 0 Å². The fourth-order valence-corrected chi connectivity index (χ4v) is 1.09. The minimum Gasteiger partial charge on any atom is -0.731 e. The predicted octanol–water partition coefficient (Wildman–Crippen LogP) is -2.30. The van der Waals surface area contributed by atoms with Gasteiger partial charge in [-0.25, -0.2) is 12.8 Å². The van der Waals surface area contributed by atoms with E-state index in [1.807, 2.05) is 0 Å². The average molecular weight is 213 g/mol. The number of nitrogens with one attached hydrogen (secondary N) is 1. The van der Waals surface area contributed by atoms with Crippen LogP contribution in [0.15, 0.2) is 24.3 Å². The Bertz CT molecular complexity index is 364. The first-order chi connectivity index (χ1) is 5.47. The van der Waals surface area contributed by atoms with E-state index in [0.29, 0.717) is 0 Å². The Morgan fingerprint density at radius 2 is 1.69 bits per heavy atom. The van der Waals surface area contributed by atoms with Crippen LogP contribution in [0.5, 0.6) is 0 Å². The Kier molecular flexibility index (Phi) is 4.87. The molecule has 13 heavy (non-hydrogen) atoms. The summed E-state index contributed by atoms with van der Waals surface area (Å²) in [4.78, 5) is 0. The molecule has 0 bridgehead atoms. The van der Waals surface area contributed by atoms with Gasteiger partial charge in [0.15, 0.2) is 10.3 Å². The molecule has 0 aliphatic carbocycles. The molecule has 0 aliphatic heterocycles. The standard InChI is InChI=1S/C6H6FNO3S.Na/c7-5-1-3-6(4-2-5)8-12(9,10)11;/h1-4,8H,(H,9,10,11);/q;+1/p-1. The Morgan fingerprint density at radius 3 is 2.08 bits per heavy atom. The van der Waals surface area contributed by atoms with Crippen molar-refractivity contribution in [2.75, 3.05) is 4.72 Å². The molecule has 0 aliphatic rings. The molecule has 1 aromatic carbocycles. The molecule has 0 atom stereocenters. The Hall–Kier alpha value is -0.140. The molecule has 66 valence electrons. The van der Waals surface area contributed by atoms with E-state index < -0.39 is 16.1 Å². The molecule has 1 N–H and O–H groups in total. The van der Waals surface area contributed by atoms with Crippen LogP contribution in [0.2, 0.25) is 0 Å². The summed E-state index contributed by atoms with van der Waals surface area (Å²) in [5.74, 6) is -0.496. The summed E-state index contributed by atoms with van der Waals surface area (Å²) in [6.45, 7) is 0. The maximum atomic E-state index is 12.3. The summed E-state index contributed by atoms with van der Waals surface area (Å²) < 4.78 is 44.3. The van der Waals surface area contributed by atoms with Gasteiger partial charge in [0.2, 0.25) is 0 Å². The van der Waals surface area contributed by atoms with Crippen LogP contribution in [0.3, 0.4) is 0 Å². The van der Waals surface area contributed by atoms with Crippen LogP contribution in [0.4, 0.5) is 10.1 Å². The van der Waals surface area contributed by atoms with E-state index in [0.717, 1.165) is 24.3 Å². The smallest absolute Gasteiger partial charge is 0.731 e. The molecule has 1 rings (SSSR count). The van der Waals surface area contributed by atoms with Crippen molar-refractivity contribution in [2.45, 2.75) is 0 Å². The number of hydrogen-bond donors (Lipinski definition) is 1. The van der Waals surface area contributed by atoms with Gasteiger partial charge in [0, 0.05) is 5.69 Å². The van der Waals surface area contributed by atoms with Gasteiger partial charge in [0.1, 0.15) is 5.82 Å². The van der Waals surface area contributed by atoms with Crippen LogP contribution in [-0.4, -0.2) is 13.0 Å². The van der Waals surface area contributed by atoms with Crippen molar-refractivity contribution in [1.82, 2.24) is 0 Å². The first-order valence-electron chi connectivity index (χ1n) is 2.96. The number of halogens is 1. The molecule has 0 spiro atoms. The summed E-state index contributed by atoms with van der Waals surface area (Å²) in [5, 5.41) is 0. The molecule has 0 saturated carbocycles. The summed E-state index contributed by atoms with van der Waals surface area (Å²) in [6, 6.07) is 4.41. The zero-order valence-electron chi connectivity index (χ0n) is 6.82. The Labute approximate surface area is 97.3 Å². The van der Waals surface area contributed by atoms with Crippen LogP contribution < -0.4 is 34.3 Å². The molecule has 0 aromatic heterocycles. The minimum absolute atomic E-state index is 0. The van der Waals surface area contributed by atoms with Gasteiger partial charge >= 0.3 is 29.6 Å². The average Bonchev–Trinajstić information content (AvgIpc) is 1.91. The molecule has 0 unspecified atom stereocenters. The van der Waals surface area contributed by atoms with Crippen LogP contribution >= 0.6 is 0 Å². The van der Waals surface area contributed by atoms with Crippen molar-refractivity contribution in [2.24, 2.45) is 0 Å². The molecule has 4 nitrogen and oxygen atoms in total. The summed E-state index contributed by atoms with van der Waals surface area (Å²) >= 11 is 0. The summed E-state index contributed by atoms with van der Waals surface area (Å²) in [5.41, 5.74) is 0.0476. The number of benzene rings is 1. The first-order valence-corrected chi connectivity index (χ1v) is 4.37. The van der Waals surface area contributed by atoms with Gasteiger partial charge in [-0.2, -0.15) is 0 Å². The van der Waals surface area contributed by atoms with E-state index in [1.165, 1.54) is 0 Å². The van der Waals surface area contributed by atoms with Crippen LogP contribution in [-0.2, 0) is 10.3 Å². The maximum Gasteiger partial charge on any atom is 1.00 e. The molecule has 0 radical (unpaired) electrons. The third-order valence-corrected chi connectivity index (χ3v) is 1.57. The third kappa shape index (κ3) is 5.22. The van der Waals surface area contributed by atoms with Gasteiger partial charge in [0.25, 0.3) is 0 Å². The second kappa shape index (κ2) is 4.92. The van der Waals surface area contributed by atoms with Crippen molar-refractivity contribution < 1.29 is 46.9 Å². The molecule has 1 aromatic rings. The topological polar surface area (TPSA) is 69.2 Å². The van der Waals surface area contributed by atoms with Crippen molar-refractivity contribution in [3.8, 4) is 0 Å². The zero-order chi connectivity index (χ0) is 9.19. The van der Waals surface area contributed by atoms with Crippen molar-refractivity contribution in [3.63, 3.8) is 0 Å². The number of rotatable bonds is 2. The predicted molar refractivity (Wildman–Crippen MR) is 39.7 cm³/mol. The molecular formula is C6H5FNNaO3S.